The summed E-state index contributed by atoms with van der Waals surface area (Å²) in [7, 11) is 5.96. The van der Waals surface area contributed by atoms with Gasteiger partial charge in [-0.05, 0) is 154 Å². The molecule has 99 heavy (non-hydrogen) atoms. The standard InChI is InChI=1S/C90H141NO8/c1-6-8-10-12-14-16-18-20-22-24-26-28-30-32-34-36-38-40-42-43-44-45-47-49-51-53-55-57-59-61-63-65-67-69-71-73-75-77-79-81-88(93)99-86(85-98-90(89(94)95)96-83-82-91(3,4)5)84-97-87(92)80-78-76-74-72-70-68-66-64-62-60-58-56-54-52-50-48-46-41-39-37-35-33-31-29-27-25-23-21-19-17-15-13-11-9-7-2/h8-11,14-17,20-23,26-29,32-35,38-41,43-44,47-50,53-56,59,61,86,90H,6-7,12-13,18-19,24-25,30-31,36-37,42,45-46,51-52,57-58,60,62-85H2,1-5H3/p+1/b10-8-,11-9-,16-14-,17-15-,22-20-,23-21-,28-26-,29-27-,34-32-,35-33-,40-38-,41-39-,44-43-,49-47-,50-48-,55-53-,56-54-,61-59-. The van der Waals surface area contributed by atoms with Crippen LogP contribution in [0, 0.1) is 0 Å². The van der Waals surface area contributed by atoms with E-state index in [-0.39, 0.29) is 38.6 Å². The summed E-state index contributed by atoms with van der Waals surface area (Å²) in [6, 6.07) is 0. The van der Waals surface area contributed by atoms with Crippen molar-refractivity contribution in [3.63, 3.8) is 0 Å². The van der Waals surface area contributed by atoms with Gasteiger partial charge in [-0.15, -0.1) is 0 Å². The fourth-order valence-electron chi connectivity index (χ4n) is 9.88. The minimum absolute atomic E-state index is 0.174. The van der Waals surface area contributed by atoms with E-state index in [1.165, 1.54) is 64.2 Å². The highest BCUT2D eigenvalue weighted by molar-refractivity contribution is 5.71. The lowest BCUT2D eigenvalue weighted by Gasteiger charge is -2.25. The normalized spacial score (nSPS) is 13.9. The zero-order valence-corrected chi connectivity index (χ0v) is 63.3. The fourth-order valence-corrected chi connectivity index (χ4v) is 9.88. The predicted molar refractivity (Wildman–Crippen MR) is 428 cm³/mol. The van der Waals surface area contributed by atoms with Crippen molar-refractivity contribution in [3.8, 4) is 0 Å². The van der Waals surface area contributed by atoms with Gasteiger partial charge in [-0.1, -0.05) is 322 Å². The average molecular weight is 1370 g/mol. The number of carbonyl (C=O) groups is 3. The Labute approximate surface area is 607 Å². The summed E-state index contributed by atoms with van der Waals surface area (Å²) in [6.07, 6.45) is 119. The van der Waals surface area contributed by atoms with Crippen molar-refractivity contribution < 1.29 is 42.9 Å². The van der Waals surface area contributed by atoms with Gasteiger partial charge in [0.25, 0.3) is 6.29 Å². The van der Waals surface area contributed by atoms with Gasteiger partial charge in [-0.25, -0.2) is 4.79 Å². The number of esters is 2. The molecule has 2 atom stereocenters. The molecule has 0 radical (unpaired) electrons. The zero-order chi connectivity index (χ0) is 71.8. The van der Waals surface area contributed by atoms with E-state index in [0.29, 0.717) is 17.4 Å². The molecular formula is C90H142NO8+. The van der Waals surface area contributed by atoms with Crippen molar-refractivity contribution in [1.82, 2.24) is 0 Å². The highest BCUT2D eigenvalue weighted by atomic mass is 16.7. The number of carboxylic acids is 1. The third-order valence-corrected chi connectivity index (χ3v) is 15.7. The monoisotopic (exact) mass is 1370 g/mol. The molecule has 0 saturated carbocycles. The number of likely N-dealkylation sites (N-methyl/N-ethyl adjacent to an activating group) is 1. The molecule has 0 saturated heterocycles. The maximum absolute atomic E-state index is 13.0. The number of hydrogen-bond donors (Lipinski definition) is 1. The number of allylic oxidation sites excluding steroid dienone is 36. The van der Waals surface area contributed by atoms with Gasteiger partial charge in [0.2, 0.25) is 0 Å². The molecule has 9 nitrogen and oxygen atoms in total. The van der Waals surface area contributed by atoms with Gasteiger partial charge >= 0.3 is 17.9 Å². The SMILES string of the molecule is CC/C=C\C/C=C\C/C=C\C/C=C\C/C=C\C/C=C\C/C=C\C/C=C\C/C=C\C/C=C\CCCCCCCCCCC(=O)OC(COC(=O)CCCCCCCCCCCC/C=C\C/C=C\C/C=C\C/C=C\C/C=C\C/C=C\C/C=C\C/C=C\CC)COC(OCC[N+](C)(C)C)C(=O)O. The van der Waals surface area contributed by atoms with Crippen LogP contribution in [0.25, 0.3) is 0 Å². The first-order valence-corrected chi connectivity index (χ1v) is 38.9. The van der Waals surface area contributed by atoms with E-state index in [0.717, 1.165) is 173 Å². The first-order valence-electron chi connectivity index (χ1n) is 38.9. The average Bonchev–Trinajstić information content (AvgIpc) is 1.14. The fraction of sp³-hybridized carbons (Fsp3) is 0.567. The highest BCUT2D eigenvalue weighted by Crippen LogP contribution is 2.16. The molecule has 0 aliphatic heterocycles. The molecule has 0 fully saturated rings. The van der Waals surface area contributed by atoms with Crippen LogP contribution in [-0.2, 0) is 33.3 Å². The topological polar surface area (TPSA) is 108 Å². The van der Waals surface area contributed by atoms with Crippen LogP contribution in [-0.4, -0.2) is 87.4 Å². The molecule has 2 unspecified atom stereocenters. The second kappa shape index (κ2) is 77.3. The summed E-state index contributed by atoms with van der Waals surface area (Å²) in [5.41, 5.74) is 0. The van der Waals surface area contributed by atoms with Crippen LogP contribution in [0.1, 0.15) is 271 Å². The van der Waals surface area contributed by atoms with Crippen LogP contribution < -0.4 is 0 Å². The lowest BCUT2D eigenvalue weighted by molar-refractivity contribution is -0.870. The second-order valence-corrected chi connectivity index (χ2v) is 26.2. The predicted octanol–water partition coefficient (Wildman–Crippen LogP) is 25.2. The Morgan fingerprint density at radius 1 is 0.303 bits per heavy atom. The van der Waals surface area contributed by atoms with Crippen LogP contribution in [0.2, 0.25) is 0 Å². The Morgan fingerprint density at radius 2 is 0.545 bits per heavy atom. The van der Waals surface area contributed by atoms with Gasteiger partial charge in [0.1, 0.15) is 13.2 Å². The molecule has 0 aliphatic carbocycles. The molecule has 1 N–H and O–H groups in total. The molecule has 554 valence electrons. The number of aliphatic carboxylic acids is 1. The Bertz CT molecular complexity index is 2440. The molecule has 0 heterocycles. The van der Waals surface area contributed by atoms with E-state index in [1.54, 1.807) is 0 Å². The third-order valence-electron chi connectivity index (χ3n) is 15.7. The Balaban J connectivity index is 4.19. The molecule has 0 aromatic carbocycles. The largest absolute Gasteiger partial charge is 0.477 e. The summed E-state index contributed by atoms with van der Waals surface area (Å²) in [5, 5.41) is 9.77. The lowest BCUT2D eigenvalue weighted by atomic mass is 10.1. The number of quaternary nitrogens is 1. The van der Waals surface area contributed by atoms with Crippen LogP contribution in [0.3, 0.4) is 0 Å². The van der Waals surface area contributed by atoms with Crippen LogP contribution in [0.15, 0.2) is 219 Å². The number of hydrogen-bond acceptors (Lipinski definition) is 7. The van der Waals surface area contributed by atoms with Crippen LogP contribution >= 0.6 is 0 Å². The number of ether oxygens (including phenoxy) is 4. The van der Waals surface area contributed by atoms with Crippen molar-refractivity contribution in [1.29, 1.82) is 0 Å². The first-order chi connectivity index (χ1) is 48.6. The molecule has 0 aromatic heterocycles. The van der Waals surface area contributed by atoms with Gasteiger partial charge in [0, 0.05) is 12.8 Å². The van der Waals surface area contributed by atoms with Crippen molar-refractivity contribution in [2.75, 3.05) is 47.5 Å². The molecule has 0 aliphatic rings. The highest BCUT2D eigenvalue weighted by Gasteiger charge is 2.25. The van der Waals surface area contributed by atoms with Gasteiger partial charge in [0.15, 0.2) is 6.10 Å². The minimum atomic E-state index is -1.53. The van der Waals surface area contributed by atoms with E-state index in [4.69, 9.17) is 18.9 Å². The molecule has 0 amide bonds. The third kappa shape index (κ3) is 78.8. The Morgan fingerprint density at radius 3 is 0.808 bits per heavy atom. The smallest absolute Gasteiger partial charge is 0.361 e. The van der Waals surface area contributed by atoms with Crippen molar-refractivity contribution in [3.05, 3.63) is 219 Å². The summed E-state index contributed by atoms with van der Waals surface area (Å²) in [5.74, 6) is -2.04. The van der Waals surface area contributed by atoms with Crippen molar-refractivity contribution in [2.45, 2.75) is 283 Å². The first kappa shape index (κ1) is 92.6. The van der Waals surface area contributed by atoms with E-state index in [2.05, 4.69) is 233 Å². The number of unbranched alkanes of at least 4 members (excludes halogenated alkanes) is 18. The van der Waals surface area contributed by atoms with Gasteiger partial charge in [-0.2, -0.15) is 0 Å². The van der Waals surface area contributed by atoms with Gasteiger partial charge in [0.05, 0.1) is 34.4 Å². The summed E-state index contributed by atoms with van der Waals surface area (Å²) >= 11 is 0. The number of carboxylic acid groups (broad SMARTS) is 1. The summed E-state index contributed by atoms with van der Waals surface area (Å²) in [6.45, 7) is 4.61. The van der Waals surface area contributed by atoms with Crippen LogP contribution in [0.4, 0.5) is 0 Å². The Kier molecular flexibility index (Phi) is 72.4. The lowest BCUT2D eigenvalue weighted by Crippen LogP contribution is -2.40. The van der Waals surface area contributed by atoms with E-state index in [9.17, 15) is 19.5 Å². The summed E-state index contributed by atoms with van der Waals surface area (Å²) < 4.78 is 23.0. The molecule has 0 spiro atoms. The molecule has 0 rings (SSSR count). The van der Waals surface area contributed by atoms with Crippen molar-refractivity contribution >= 4 is 17.9 Å². The molecule has 9 heteroatoms. The molecule has 0 aromatic rings. The molecule has 0 bridgehead atoms. The van der Waals surface area contributed by atoms with E-state index < -0.39 is 24.3 Å². The zero-order valence-electron chi connectivity index (χ0n) is 63.3. The van der Waals surface area contributed by atoms with Crippen LogP contribution in [0.5, 0.6) is 0 Å². The quantitative estimate of drug-likeness (QED) is 0.0211. The number of nitrogens with zero attached hydrogens (tertiary/aromatic N) is 1. The maximum atomic E-state index is 13.0. The van der Waals surface area contributed by atoms with E-state index in [1.807, 2.05) is 21.1 Å². The van der Waals surface area contributed by atoms with Gasteiger partial charge in [-0.3, -0.25) is 9.59 Å². The van der Waals surface area contributed by atoms with Gasteiger partial charge < -0.3 is 28.5 Å². The second-order valence-electron chi connectivity index (χ2n) is 26.2. The van der Waals surface area contributed by atoms with Crippen molar-refractivity contribution in [2.24, 2.45) is 0 Å². The van der Waals surface area contributed by atoms with E-state index >= 15 is 0 Å². The minimum Gasteiger partial charge on any atom is -0.477 e. The maximum Gasteiger partial charge on any atom is 0.361 e. The number of rotatable bonds is 69. The Hall–Kier alpha value is -6.39. The number of carbonyl (C=O) groups excluding carboxylic acids is 2. The summed E-state index contributed by atoms with van der Waals surface area (Å²) in [4.78, 5) is 37.7. The molecular weight excluding hydrogens is 1220 g/mol.